The maximum absolute atomic E-state index is 12.1. The minimum absolute atomic E-state index is 0.0378. The molecule has 3 heteroatoms. The summed E-state index contributed by atoms with van der Waals surface area (Å²) in [7, 11) is 1.68. The van der Waals surface area contributed by atoms with Crippen molar-refractivity contribution < 1.29 is 14.3 Å². The van der Waals surface area contributed by atoms with E-state index in [-0.39, 0.29) is 11.5 Å². The topological polar surface area (TPSA) is 35.5 Å². The van der Waals surface area contributed by atoms with Crippen LogP contribution in [-0.4, -0.2) is 19.0 Å². The lowest BCUT2D eigenvalue weighted by Gasteiger charge is -2.33. The van der Waals surface area contributed by atoms with Gasteiger partial charge >= 0.3 is 0 Å². The molecule has 1 aromatic rings. The largest absolute Gasteiger partial charge is 0.497 e. The molecule has 118 valence electrons. The van der Waals surface area contributed by atoms with Crippen molar-refractivity contribution in [3.05, 3.63) is 34.9 Å². The predicted octanol–water partition coefficient (Wildman–Crippen LogP) is 4.15. The highest BCUT2D eigenvalue weighted by Crippen LogP contribution is 2.44. The van der Waals surface area contributed by atoms with E-state index >= 15 is 0 Å². The minimum atomic E-state index is -0.0925. The van der Waals surface area contributed by atoms with Gasteiger partial charge in [0.05, 0.1) is 19.8 Å². The summed E-state index contributed by atoms with van der Waals surface area (Å²) < 4.78 is 11.4. The van der Waals surface area contributed by atoms with Crippen molar-refractivity contribution in [2.75, 3.05) is 7.11 Å². The van der Waals surface area contributed by atoms with Gasteiger partial charge in [0.2, 0.25) is 0 Å². The Bertz CT molecular complexity index is 635. The number of carbonyl (C=O) groups is 1. The number of ketones is 1. The van der Waals surface area contributed by atoms with Gasteiger partial charge in [0, 0.05) is 12.8 Å². The summed E-state index contributed by atoms with van der Waals surface area (Å²) in [5.74, 6) is 1.15. The first-order valence-corrected chi connectivity index (χ1v) is 7.94. The second-order valence-corrected chi connectivity index (χ2v) is 7.21. The maximum Gasteiger partial charge on any atom is 0.136 e. The number of allylic oxidation sites excluding steroid dienone is 1. The zero-order valence-corrected chi connectivity index (χ0v) is 13.9. The maximum atomic E-state index is 12.1. The van der Waals surface area contributed by atoms with Gasteiger partial charge in [0.15, 0.2) is 0 Å². The molecule has 22 heavy (non-hydrogen) atoms. The van der Waals surface area contributed by atoms with Crippen molar-refractivity contribution in [3.63, 3.8) is 0 Å². The van der Waals surface area contributed by atoms with Crippen molar-refractivity contribution in [1.82, 2.24) is 0 Å². The molecule has 0 fully saturated rings. The number of hydrogen-bond donors (Lipinski definition) is 0. The van der Waals surface area contributed by atoms with E-state index in [0.29, 0.717) is 25.2 Å². The van der Waals surface area contributed by atoms with Crippen molar-refractivity contribution in [2.24, 2.45) is 5.41 Å². The summed E-state index contributed by atoms with van der Waals surface area (Å²) in [6, 6.07) is 6.17. The highest BCUT2D eigenvalue weighted by Gasteiger charge is 2.35. The lowest BCUT2D eigenvalue weighted by atomic mass is 9.77. The van der Waals surface area contributed by atoms with Crippen LogP contribution in [0.25, 0.3) is 5.57 Å². The molecule has 0 aromatic heterocycles. The lowest BCUT2D eigenvalue weighted by molar-refractivity contribution is -0.121. The third kappa shape index (κ3) is 2.70. The van der Waals surface area contributed by atoms with Crippen LogP contribution >= 0.6 is 0 Å². The molecule has 3 nitrogen and oxygen atoms in total. The van der Waals surface area contributed by atoms with Gasteiger partial charge in [-0.05, 0) is 40.7 Å². The Morgan fingerprint density at radius 3 is 2.68 bits per heavy atom. The SMILES string of the molecule is COc1ccc2c(c1)COC1CC(=O)CCC(C(C)(C)C)=C21. The van der Waals surface area contributed by atoms with Gasteiger partial charge in [-0.25, -0.2) is 0 Å². The summed E-state index contributed by atoms with van der Waals surface area (Å²) in [6.07, 6.45) is 1.87. The normalized spacial score (nSPS) is 22.0. The second-order valence-electron chi connectivity index (χ2n) is 7.21. The number of benzene rings is 1. The van der Waals surface area contributed by atoms with Gasteiger partial charge in [-0.15, -0.1) is 0 Å². The molecule has 1 unspecified atom stereocenters. The number of Topliss-reactive ketones (excluding diaryl/α,β-unsaturated/α-hetero) is 1. The fourth-order valence-corrected chi connectivity index (χ4v) is 3.53. The van der Waals surface area contributed by atoms with E-state index < -0.39 is 0 Å². The lowest BCUT2D eigenvalue weighted by Crippen LogP contribution is -2.25. The zero-order chi connectivity index (χ0) is 15.9. The van der Waals surface area contributed by atoms with E-state index in [1.165, 1.54) is 16.7 Å². The summed E-state index contributed by atoms with van der Waals surface area (Å²) >= 11 is 0. The smallest absolute Gasteiger partial charge is 0.136 e. The average Bonchev–Trinajstić information content (AvgIpc) is 2.64. The number of ether oxygens (including phenoxy) is 2. The van der Waals surface area contributed by atoms with E-state index in [1.807, 2.05) is 12.1 Å². The minimum Gasteiger partial charge on any atom is -0.497 e. The van der Waals surface area contributed by atoms with E-state index in [0.717, 1.165) is 17.7 Å². The van der Waals surface area contributed by atoms with Crippen LogP contribution in [0.1, 0.15) is 51.2 Å². The average molecular weight is 300 g/mol. The van der Waals surface area contributed by atoms with Crippen LogP contribution in [-0.2, 0) is 16.1 Å². The van der Waals surface area contributed by atoms with E-state index in [9.17, 15) is 4.79 Å². The Balaban J connectivity index is 2.18. The number of hydrogen-bond acceptors (Lipinski definition) is 3. The molecule has 0 bridgehead atoms. The number of methoxy groups -OCH3 is 1. The predicted molar refractivity (Wildman–Crippen MR) is 86.8 cm³/mol. The molecular formula is C19H24O3. The van der Waals surface area contributed by atoms with Gasteiger partial charge in [0.1, 0.15) is 11.5 Å². The molecule has 1 aliphatic heterocycles. The fourth-order valence-electron chi connectivity index (χ4n) is 3.53. The van der Waals surface area contributed by atoms with Crippen LogP contribution in [0, 0.1) is 5.41 Å². The Morgan fingerprint density at radius 2 is 2.00 bits per heavy atom. The summed E-state index contributed by atoms with van der Waals surface area (Å²) in [4.78, 5) is 12.1. The molecule has 0 saturated heterocycles. The monoisotopic (exact) mass is 300 g/mol. The third-order valence-corrected chi connectivity index (χ3v) is 4.66. The molecule has 1 aromatic carbocycles. The molecule has 0 spiro atoms. The van der Waals surface area contributed by atoms with Crippen molar-refractivity contribution >= 4 is 11.4 Å². The molecule has 0 saturated carbocycles. The van der Waals surface area contributed by atoms with Crippen LogP contribution in [0.15, 0.2) is 23.8 Å². The van der Waals surface area contributed by atoms with Gasteiger partial charge in [-0.3, -0.25) is 4.79 Å². The van der Waals surface area contributed by atoms with Crippen LogP contribution in [0.4, 0.5) is 0 Å². The van der Waals surface area contributed by atoms with Crippen molar-refractivity contribution in [3.8, 4) is 5.75 Å². The summed E-state index contributed by atoms with van der Waals surface area (Å²) in [5, 5.41) is 0. The summed E-state index contributed by atoms with van der Waals surface area (Å²) in [6.45, 7) is 7.21. The number of fused-ring (bicyclic) bond motifs is 3. The highest BCUT2D eigenvalue weighted by atomic mass is 16.5. The number of rotatable bonds is 1. The Labute approximate surface area is 132 Å². The Morgan fingerprint density at radius 1 is 1.23 bits per heavy atom. The molecule has 1 heterocycles. The Kier molecular flexibility index (Phi) is 3.85. The van der Waals surface area contributed by atoms with Crippen LogP contribution < -0.4 is 4.74 Å². The molecule has 0 N–H and O–H groups in total. The van der Waals surface area contributed by atoms with Gasteiger partial charge in [-0.2, -0.15) is 0 Å². The molecule has 3 rings (SSSR count). The van der Waals surface area contributed by atoms with E-state index in [2.05, 4.69) is 26.8 Å². The molecule has 1 atom stereocenters. The molecule has 0 radical (unpaired) electrons. The molecular weight excluding hydrogens is 276 g/mol. The van der Waals surface area contributed by atoms with Crippen molar-refractivity contribution in [2.45, 2.75) is 52.7 Å². The second kappa shape index (κ2) is 5.54. The first-order valence-electron chi connectivity index (χ1n) is 7.94. The van der Waals surface area contributed by atoms with Crippen LogP contribution in [0.3, 0.4) is 0 Å². The number of carbonyl (C=O) groups excluding carboxylic acids is 1. The van der Waals surface area contributed by atoms with Gasteiger partial charge in [0.25, 0.3) is 0 Å². The Hall–Kier alpha value is -1.61. The fraction of sp³-hybridized carbons (Fsp3) is 0.526. The third-order valence-electron chi connectivity index (χ3n) is 4.66. The standard InChI is InChI=1S/C19H24O3/c1-19(2,3)16-8-5-13(20)10-17-18(16)15-7-6-14(21-4)9-12(15)11-22-17/h6-7,9,17H,5,8,10-11H2,1-4H3. The highest BCUT2D eigenvalue weighted by molar-refractivity contribution is 5.87. The summed E-state index contributed by atoms with van der Waals surface area (Å²) in [5.41, 5.74) is 5.02. The molecule has 2 aliphatic rings. The van der Waals surface area contributed by atoms with Gasteiger partial charge in [-0.1, -0.05) is 32.4 Å². The first-order chi connectivity index (χ1) is 10.4. The van der Waals surface area contributed by atoms with E-state index in [4.69, 9.17) is 9.47 Å². The van der Waals surface area contributed by atoms with E-state index in [1.54, 1.807) is 7.11 Å². The molecule has 1 aliphatic carbocycles. The van der Waals surface area contributed by atoms with Gasteiger partial charge < -0.3 is 9.47 Å². The zero-order valence-electron chi connectivity index (χ0n) is 13.9. The molecule has 0 amide bonds. The van der Waals surface area contributed by atoms with Crippen molar-refractivity contribution in [1.29, 1.82) is 0 Å². The van der Waals surface area contributed by atoms with Crippen LogP contribution in [0.2, 0.25) is 0 Å². The quantitative estimate of drug-likeness (QED) is 0.781. The van der Waals surface area contributed by atoms with Crippen LogP contribution in [0.5, 0.6) is 5.75 Å². The first kappa shape index (κ1) is 15.3.